The Morgan fingerprint density at radius 3 is 2.53 bits per heavy atom. The number of nitrogens with zero attached hydrogens (tertiary/aromatic N) is 3. The summed E-state index contributed by atoms with van der Waals surface area (Å²) in [5.74, 6) is 0.469. The van der Waals surface area contributed by atoms with Crippen molar-refractivity contribution in [3.05, 3.63) is 100.0 Å². The molecule has 2 aromatic heterocycles. The van der Waals surface area contributed by atoms with Crippen molar-refractivity contribution < 1.29 is 9.90 Å². The monoisotopic (exact) mass is 452 g/mol. The number of phenols is 1. The number of aromatic nitrogens is 3. The van der Waals surface area contributed by atoms with E-state index in [0.717, 1.165) is 27.8 Å². The molecule has 5 rings (SSSR count). The number of nitrogens with one attached hydrogen (secondary N) is 1. The largest absolute Gasteiger partial charge is 0.507 e. The molecule has 1 atom stereocenters. The van der Waals surface area contributed by atoms with Crippen molar-refractivity contribution in [1.82, 2.24) is 20.1 Å². The predicted molar refractivity (Wildman–Crippen MR) is 132 cm³/mol. The second kappa shape index (κ2) is 8.45. The van der Waals surface area contributed by atoms with Crippen LogP contribution in [0.25, 0.3) is 11.3 Å². The van der Waals surface area contributed by atoms with Crippen LogP contribution in [0.15, 0.2) is 60.9 Å². The maximum Gasteiger partial charge on any atom is 0.273 e. The highest BCUT2D eigenvalue weighted by Gasteiger charge is 2.42. The molecular weight excluding hydrogens is 424 g/mol. The third-order valence-electron chi connectivity index (χ3n) is 6.55. The van der Waals surface area contributed by atoms with E-state index in [1.54, 1.807) is 18.5 Å². The van der Waals surface area contributed by atoms with E-state index < -0.39 is 0 Å². The van der Waals surface area contributed by atoms with E-state index in [1.165, 1.54) is 5.56 Å². The third-order valence-corrected chi connectivity index (χ3v) is 6.55. The molecule has 0 bridgehead atoms. The number of carbonyl (C=O) groups is 1. The lowest BCUT2D eigenvalue weighted by molar-refractivity contribution is 0.0730. The molecule has 0 saturated heterocycles. The van der Waals surface area contributed by atoms with Crippen molar-refractivity contribution in [3.63, 3.8) is 0 Å². The average Bonchev–Trinajstić information content (AvgIpc) is 3.33. The number of carbonyl (C=O) groups excluding carboxylic acids is 1. The normalized spacial score (nSPS) is 15.3. The van der Waals surface area contributed by atoms with Gasteiger partial charge in [0.2, 0.25) is 0 Å². The number of aryl methyl sites for hydroxylation is 2. The molecule has 172 valence electrons. The molecule has 1 aliphatic heterocycles. The summed E-state index contributed by atoms with van der Waals surface area (Å²) in [5, 5.41) is 18.3. The average molecular weight is 453 g/mol. The fourth-order valence-corrected chi connectivity index (χ4v) is 4.90. The van der Waals surface area contributed by atoms with Gasteiger partial charge in [0.25, 0.3) is 5.91 Å². The topological polar surface area (TPSA) is 82.1 Å². The Hall–Kier alpha value is -3.93. The standard InChI is InChI=1S/C28H28N4O2/c1-16(2)20-7-9-21(10-8-20)27-24-25(23-18(4)12-17(3)13-22(23)33)30-31-26(24)28(34)32(27)15-19-6-5-11-29-14-19/h5-14,16,27,33H,15H2,1-4H3,(H,30,31). The smallest absolute Gasteiger partial charge is 0.273 e. The van der Waals surface area contributed by atoms with Gasteiger partial charge in [0, 0.05) is 30.1 Å². The zero-order chi connectivity index (χ0) is 24.0. The highest BCUT2D eigenvalue weighted by Crippen LogP contribution is 2.46. The van der Waals surface area contributed by atoms with Gasteiger partial charge in [0.05, 0.1) is 6.04 Å². The number of benzene rings is 2. The molecule has 0 aliphatic carbocycles. The van der Waals surface area contributed by atoms with E-state index in [4.69, 9.17) is 0 Å². The number of pyridine rings is 1. The molecule has 1 amide bonds. The Kier molecular flexibility index (Phi) is 5.44. The second-order valence-corrected chi connectivity index (χ2v) is 9.36. The Morgan fingerprint density at radius 1 is 1.12 bits per heavy atom. The molecule has 6 heteroatoms. The molecule has 1 aliphatic rings. The van der Waals surface area contributed by atoms with Gasteiger partial charge in [-0.25, -0.2) is 0 Å². The number of hydrogen-bond acceptors (Lipinski definition) is 4. The van der Waals surface area contributed by atoms with Gasteiger partial charge in [0.1, 0.15) is 17.1 Å². The summed E-state index contributed by atoms with van der Waals surface area (Å²) in [7, 11) is 0. The van der Waals surface area contributed by atoms with E-state index in [-0.39, 0.29) is 17.7 Å². The molecule has 2 aromatic carbocycles. The van der Waals surface area contributed by atoms with Crippen LogP contribution >= 0.6 is 0 Å². The lowest BCUT2D eigenvalue weighted by Gasteiger charge is -2.27. The molecule has 0 fully saturated rings. The minimum Gasteiger partial charge on any atom is -0.507 e. The van der Waals surface area contributed by atoms with Gasteiger partial charge in [-0.2, -0.15) is 5.10 Å². The molecule has 6 nitrogen and oxygen atoms in total. The summed E-state index contributed by atoms with van der Waals surface area (Å²) in [6, 6.07) is 15.7. The number of H-pyrrole nitrogens is 1. The molecule has 1 unspecified atom stereocenters. The van der Waals surface area contributed by atoms with Crippen molar-refractivity contribution in [1.29, 1.82) is 0 Å². The van der Waals surface area contributed by atoms with Crippen LogP contribution in [0.1, 0.15) is 69.7 Å². The number of amides is 1. The van der Waals surface area contributed by atoms with Crippen LogP contribution < -0.4 is 0 Å². The van der Waals surface area contributed by atoms with Crippen LogP contribution in [0.5, 0.6) is 5.75 Å². The molecule has 2 N–H and O–H groups in total. The van der Waals surface area contributed by atoms with Crippen molar-refractivity contribution >= 4 is 5.91 Å². The number of fused-ring (bicyclic) bond motifs is 1. The quantitative estimate of drug-likeness (QED) is 0.409. The first-order chi connectivity index (χ1) is 16.3. The Morgan fingerprint density at radius 2 is 1.88 bits per heavy atom. The van der Waals surface area contributed by atoms with Crippen molar-refractivity contribution in [2.45, 2.75) is 46.2 Å². The summed E-state index contributed by atoms with van der Waals surface area (Å²) in [5.41, 5.74) is 7.63. The maximum absolute atomic E-state index is 13.6. The number of hydrogen-bond donors (Lipinski definition) is 2. The van der Waals surface area contributed by atoms with Gasteiger partial charge < -0.3 is 10.0 Å². The van der Waals surface area contributed by atoms with Crippen LogP contribution in [0, 0.1) is 13.8 Å². The van der Waals surface area contributed by atoms with Gasteiger partial charge in [0.15, 0.2) is 0 Å². The van der Waals surface area contributed by atoms with Crippen molar-refractivity contribution in [2.24, 2.45) is 0 Å². The third kappa shape index (κ3) is 3.65. The fourth-order valence-electron chi connectivity index (χ4n) is 4.90. The fraction of sp³-hybridized carbons (Fsp3) is 0.250. The molecule has 4 aromatic rings. The van der Waals surface area contributed by atoms with E-state index in [9.17, 15) is 9.90 Å². The molecule has 0 radical (unpaired) electrons. The Balaban J connectivity index is 1.68. The van der Waals surface area contributed by atoms with Crippen LogP contribution in [-0.2, 0) is 6.54 Å². The van der Waals surface area contributed by atoms with E-state index >= 15 is 0 Å². The lowest BCUT2D eigenvalue weighted by Crippen LogP contribution is -2.29. The summed E-state index contributed by atoms with van der Waals surface area (Å²) in [6.45, 7) is 8.66. The summed E-state index contributed by atoms with van der Waals surface area (Å²) < 4.78 is 0. The van der Waals surface area contributed by atoms with E-state index in [1.807, 2.05) is 36.9 Å². The van der Waals surface area contributed by atoms with Gasteiger partial charge in [-0.15, -0.1) is 0 Å². The lowest BCUT2D eigenvalue weighted by atomic mass is 9.92. The predicted octanol–water partition coefficient (Wildman–Crippen LogP) is 5.66. The second-order valence-electron chi connectivity index (χ2n) is 9.36. The van der Waals surface area contributed by atoms with Gasteiger partial charge >= 0.3 is 0 Å². The van der Waals surface area contributed by atoms with Crippen LogP contribution in [0.4, 0.5) is 0 Å². The minimum atomic E-state index is -0.335. The highest BCUT2D eigenvalue weighted by atomic mass is 16.3. The van der Waals surface area contributed by atoms with Crippen LogP contribution in [-0.4, -0.2) is 31.1 Å². The number of aromatic amines is 1. The zero-order valence-corrected chi connectivity index (χ0v) is 19.8. The Labute approximate surface area is 199 Å². The molecule has 3 heterocycles. The summed E-state index contributed by atoms with van der Waals surface area (Å²) in [4.78, 5) is 19.7. The highest BCUT2D eigenvalue weighted by molar-refractivity contribution is 6.00. The molecular formula is C28H28N4O2. The van der Waals surface area contributed by atoms with Crippen molar-refractivity contribution in [3.8, 4) is 17.0 Å². The minimum absolute atomic E-state index is 0.111. The van der Waals surface area contributed by atoms with Gasteiger partial charge in [-0.05, 0) is 59.7 Å². The first-order valence-electron chi connectivity index (χ1n) is 11.5. The molecule has 34 heavy (non-hydrogen) atoms. The van der Waals surface area contributed by atoms with Crippen LogP contribution in [0.3, 0.4) is 0 Å². The van der Waals surface area contributed by atoms with Crippen LogP contribution in [0.2, 0.25) is 0 Å². The maximum atomic E-state index is 13.6. The van der Waals surface area contributed by atoms with Gasteiger partial charge in [-0.3, -0.25) is 14.9 Å². The van der Waals surface area contributed by atoms with E-state index in [0.29, 0.717) is 29.4 Å². The van der Waals surface area contributed by atoms with Crippen molar-refractivity contribution in [2.75, 3.05) is 0 Å². The molecule has 0 saturated carbocycles. The zero-order valence-electron chi connectivity index (χ0n) is 19.8. The first-order valence-corrected chi connectivity index (χ1v) is 11.5. The number of phenolic OH excluding ortho intramolecular Hbond substituents is 1. The number of rotatable bonds is 5. The summed E-state index contributed by atoms with van der Waals surface area (Å²) in [6.07, 6.45) is 3.51. The van der Waals surface area contributed by atoms with E-state index in [2.05, 4.69) is 53.3 Å². The molecule has 0 spiro atoms. The summed E-state index contributed by atoms with van der Waals surface area (Å²) >= 11 is 0. The first kappa shape index (κ1) is 21.9. The number of aromatic hydroxyl groups is 1. The Bertz CT molecular complexity index is 1330. The SMILES string of the molecule is Cc1cc(C)c(-c2n[nH]c3c2C(c2ccc(C(C)C)cc2)N(Cc2cccnc2)C3=O)c(O)c1. The van der Waals surface area contributed by atoms with Gasteiger partial charge in [-0.1, -0.05) is 50.2 Å².